The molecule has 3 aromatic rings. The Hall–Kier alpha value is -4.59. The summed E-state index contributed by atoms with van der Waals surface area (Å²) in [5.74, 6) is 0.393. The van der Waals surface area contributed by atoms with E-state index >= 15 is 0 Å². The molecule has 0 spiro atoms. The van der Waals surface area contributed by atoms with E-state index in [2.05, 4.69) is 24.5 Å². The van der Waals surface area contributed by atoms with Crippen LogP contribution in [-0.2, 0) is 16.1 Å². The van der Waals surface area contributed by atoms with Crippen molar-refractivity contribution >= 4 is 29.6 Å². The number of anilines is 1. The van der Waals surface area contributed by atoms with Gasteiger partial charge in [-0.15, -0.1) is 0 Å². The van der Waals surface area contributed by atoms with Crippen molar-refractivity contribution in [3.05, 3.63) is 95.2 Å². The second kappa shape index (κ2) is 12.1. The Labute approximate surface area is 222 Å². The van der Waals surface area contributed by atoms with E-state index in [-0.39, 0.29) is 30.7 Å². The van der Waals surface area contributed by atoms with E-state index in [1.54, 1.807) is 24.3 Å². The maximum absolute atomic E-state index is 12.9. The Bertz CT molecular complexity index is 1350. The summed E-state index contributed by atoms with van der Waals surface area (Å²) in [6.45, 7) is 6.34. The highest BCUT2D eigenvalue weighted by Crippen LogP contribution is 2.30. The van der Waals surface area contributed by atoms with Crippen LogP contribution in [0.3, 0.4) is 0 Å². The van der Waals surface area contributed by atoms with Crippen LogP contribution in [0.15, 0.2) is 78.5 Å². The lowest BCUT2D eigenvalue weighted by atomic mass is 10.0. The summed E-state index contributed by atoms with van der Waals surface area (Å²) in [6, 6.07) is 21.6. The van der Waals surface area contributed by atoms with E-state index in [4.69, 9.17) is 9.47 Å². The van der Waals surface area contributed by atoms with Crippen molar-refractivity contribution < 1.29 is 23.9 Å². The van der Waals surface area contributed by atoms with Gasteiger partial charge in [-0.05, 0) is 53.8 Å². The molecule has 1 saturated heterocycles. The average Bonchev–Trinajstić information content (AvgIpc) is 3.16. The summed E-state index contributed by atoms with van der Waals surface area (Å²) in [6.07, 6.45) is 1.59. The fourth-order valence-electron chi connectivity index (χ4n) is 4.09. The maximum Gasteiger partial charge on any atom is 0.329 e. The van der Waals surface area contributed by atoms with Gasteiger partial charge in [-0.25, -0.2) is 4.79 Å². The summed E-state index contributed by atoms with van der Waals surface area (Å²) < 4.78 is 11.5. The Morgan fingerprint density at radius 3 is 2.45 bits per heavy atom. The lowest BCUT2D eigenvalue weighted by Gasteiger charge is -2.15. The minimum Gasteiger partial charge on any atom is -0.490 e. The molecular formula is C30H31N3O5. The van der Waals surface area contributed by atoms with Crippen LogP contribution in [-0.4, -0.2) is 36.0 Å². The molecule has 0 unspecified atom stereocenters. The number of benzene rings is 3. The zero-order valence-corrected chi connectivity index (χ0v) is 21.7. The highest BCUT2D eigenvalue weighted by Gasteiger charge is 2.33. The number of nitrogens with one attached hydrogen (secondary N) is 2. The molecule has 0 saturated carbocycles. The van der Waals surface area contributed by atoms with Crippen LogP contribution in [0.4, 0.5) is 10.5 Å². The topological polar surface area (TPSA) is 97.0 Å². The van der Waals surface area contributed by atoms with Gasteiger partial charge in [-0.1, -0.05) is 68.4 Å². The first-order valence-corrected chi connectivity index (χ1v) is 12.5. The molecule has 196 valence electrons. The highest BCUT2D eigenvalue weighted by molar-refractivity contribution is 6.13. The molecule has 0 atom stereocenters. The molecule has 8 nitrogen and oxygen atoms in total. The van der Waals surface area contributed by atoms with Crippen molar-refractivity contribution in [2.24, 2.45) is 0 Å². The van der Waals surface area contributed by atoms with Crippen molar-refractivity contribution in [3.8, 4) is 11.5 Å². The Morgan fingerprint density at radius 2 is 1.71 bits per heavy atom. The third-order valence-electron chi connectivity index (χ3n) is 5.94. The maximum atomic E-state index is 12.9. The standard InChI is InChI=1S/C30H31N3O5/c1-4-37-27-17-22(16-25-29(35)33(30(36)32-25)18-21-10-6-5-7-11-21)14-15-26(27)38-19-28(34)31-24-13-9-8-12-23(24)20(2)3/h5-17,20H,4,18-19H2,1-3H3,(H,31,34)(H,32,36)/b25-16+. The number of carbonyl (C=O) groups is 3. The summed E-state index contributed by atoms with van der Waals surface area (Å²) in [7, 11) is 0. The van der Waals surface area contributed by atoms with E-state index in [0.29, 0.717) is 23.7 Å². The van der Waals surface area contributed by atoms with Crippen LogP contribution in [0.5, 0.6) is 11.5 Å². The molecule has 1 aliphatic heterocycles. The third kappa shape index (κ3) is 6.39. The molecule has 38 heavy (non-hydrogen) atoms. The fourth-order valence-corrected chi connectivity index (χ4v) is 4.09. The van der Waals surface area contributed by atoms with Crippen LogP contribution in [0.2, 0.25) is 0 Å². The zero-order valence-electron chi connectivity index (χ0n) is 21.7. The Balaban J connectivity index is 1.44. The summed E-state index contributed by atoms with van der Waals surface area (Å²) in [5, 5.41) is 5.54. The normalized spacial score (nSPS) is 14.1. The minimum atomic E-state index is -0.472. The fraction of sp³-hybridized carbons (Fsp3) is 0.233. The Morgan fingerprint density at radius 1 is 0.974 bits per heavy atom. The third-order valence-corrected chi connectivity index (χ3v) is 5.94. The molecule has 1 fully saturated rings. The molecule has 4 amide bonds. The van der Waals surface area contributed by atoms with E-state index < -0.39 is 11.9 Å². The lowest BCUT2D eigenvalue weighted by Crippen LogP contribution is -2.30. The molecule has 0 aromatic heterocycles. The van der Waals surface area contributed by atoms with Crippen molar-refractivity contribution in [3.63, 3.8) is 0 Å². The molecule has 0 aliphatic carbocycles. The average molecular weight is 514 g/mol. The largest absolute Gasteiger partial charge is 0.490 e. The monoisotopic (exact) mass is 513 g/mol. The number of amides is 4. The van der Waals surface area contributed by atoms with Gasteiger partial charge < -0.3 is 20.1 Å². The van der Waals surface area contributed by atoms with Crippen molar-refractivity contribution in [1.29, 1.82) is 0 Å². The van der Waals surface area contributed by atoms with Gasteiger partial charge in [0.2, 0.25) is 0 Å². The molecule has 0 radical (unpaired) electrons. The number of imide groups is 1. The van der Waals surface area contributed by atoms with Crippen LogP contribution >= 0.6 is 0 Å². The molecular weight excluding hydrogens is 482 g/mol. The molecule has 0 bridgehead atoms. The first-order chi connectivity index (χ1) is 18.4. The van der Waals surface area contributed by atoms with Crippen LogP contribution < -0.4 is 20.1 Å². The van der Waals surface area contributed by atoms with Crippen molar-refractivity contribution in [1.82, 2.24) is 10.2 Å². The molecule has 1 heterocycles. The van der Waals surface area contributed by atoms with E-state index in [1.165, 1.54) is 0 Å². The SMILES string of the molecule is CCOc1cc(/C=C2/NC(=O)N(Cc3ccccc3)C2=O)ccc1OCC(=O)Nc1ccccc1C(C)C. The minimum absolute atomic E-state index is 0.172. The second-order valence-electron chi connectivity index (χ2n) is 9.08. The van der Waals surface area contributed by atoms with Gasteiger partial charge in [-0.2, -0.15) is 0 Å². The van der Waals surface area contributed by atoms with Crippen LogP contribution in [0.25, 0.3) is 6.08 Å². The van der Waals surface area contributed by atoms with Crippen molar-refractivity contribution in [2.75, 3.05) is 18.5 Å². The number of nitrogens with zero attached hydrogens (tertiary/aromatic N) is 1. The quantitative estimate of drug-likeness (QED) is 0.283. The van der Waals surface area contributed by atoms with Crippen molar-refractivity contribution in [2.45, 2.75) is 33.2 Å². The number of carbonyl (C=O) groups excluding carboxylic acids is 3. The molecule has 4 rings (SSSR count). The number of urea groups is 1. The van der Waals surface area contributed by atoms with Gasteiger partial charge in [0.15, 0.2) is 18.1 Å². The predicted octanol–water partition coefficient (Wildman–Crippen LogP) is 5.32. The lowest BCUT2D eigenvalue weighted by molar-refractivity contribution is -0.123. The molecule has 2 N–H and O–H groups in total. The van der Waals surface area contributed by atoms with E-state index in [1.807, 2.05) is 61.5 Å². The molecule has 1 aliphatic rings. The number of hydrogen-bond donors (Lipinski definition) is 2. The second-order valence-corrected chi connectivity index (χ2v) is 9.08. The number of hydrogen-bond acceptors (Lipinski definition) is 5. The first-order valence-electron chi connectivity index (χ1n) is 12.5. The van der Waals surface area contributed by atoms with Gasteiger partial charge in [-0.3, -0.25) is 14.5 Å². The van der Waals surface area contributed by atoms with Crippen LogP contribution in [0, 0.1) is 0 Å². The van der Waals surface area contributed by atoms with Crippen LogP contribution in [0.1, 0.15) is 43.4 Å². The Kier molecular flexibility index (Phi) is 8.43. The highest BCUT2D eigenvalue weighted by atomic mass is 16.5. The zero-order chi connectivity index (χ0) is 27.1. The van der Waals surface area contributed by atoms with E-state index in [9.17, 15) is 14.4 Å². The number of rotatable bonds is 10. The predicted molar refractivity (Wildman–Crippen MR) is 146 cm³/mol. The van der Waals surface area contributed by atoms with Gasteiger partial charge >= 0.3 is 6.03 Å². The van der Waals surface area contributed by atoms with E-state index in [0.717, 1.165) is 21.7 Å². The first kappa shape index (κ1) is 26.5. The smallest absolute Gasteiger partial charge is 0.329 e. The number of para-hydroxylation sites is 1. The van der Waals surface area contributed by atoms with Gasteiger partial charge in [0.1, 0.15) is 5.70 Å². The molecule has 8 heteroatoms. The van der Waals surface area contributed by atoms with Gasteiger partial charge in [0.05, 0.1) is 13.2 Å². The summed E-state index contributed by atoms with van der Waals surface area (Å²) >= 11 is 0. The summed E-state index contributed by atoms with van der Waals surface area (Å²) in [5.41, 5.74) is 3.47. The summed E-state index contributed by atoms with van der Waals surface area (Å²) in [4.78, 5) is 39.0. The molecule has 3 aromatic carbocycles. The van der Waals surface area contributed by atoms with Gasteiger partial charge in [0.25, 0.3) is 11.8 Å². The number of ether oxygens (including phenoxy) is 2. The van der Waals surface area contributed by atoms with Gasteiger partial charge in [0, 0.05) is 5.69 Å².